The van der Waals surface area contributed by atoms with E-state index in [1.54, 1.807) is 28.3 Å². The first kappa shape index (κ1) is 19.0. The minimum absolute atomic E-state index is 0.0699. The first-order valence-corrected chi connectivity index (χ1v) is 11.3. The van der Waals surface area contributed by atoms with Gasteiger partial charge in [-0.25, -0.2) is 4.98 Å². The van der Waals surface area contributed by atoms with E-state index in [1.165, 1.54) is 23.3 Å². The van der Waals surface area contributed by atoms with Gasteiger partial charge in [0.2, 0.25) is 5.95 Å². The molecule has 0 unspecified atom stereocenters. The van der Waals surface area contributed by atoms with Crippen molar-refractivity contribution in [3.8, 4) is 0 Å². The number of rotatable bonds is 5. The van der Waals surface area contributed by atoms with Gasteiger partial charge < -0.3 is 5.32 Å². The van der Waals surface area contributed by atoms with Gasteiger partial charge in [-0.15, -0.1) is 11.3 Å². The maximum absolute atomic E-state index is 13.7. The Morgan fingerprint density at radius 1 is 0.967 bits per heavy atom. The quantitative estimate of drug-likeness (QED) is 0.476. The number of pyridine rings is 1. The van der Waals surface area contributed by atoms with Gasteiger partial charge in [0.15, 0.2) is 0 Å². The van der Waals surface area contributed by atoms with Crippen LogP contribution in [0.5, 0.6) is 0 Å². The molecule has 30 heavy (non-hydrogen) atoms. The molecule has 0 saturated carbocycles. The molecule has 0 radical (unpaired) electrons. The summed E-state index contributed by atoms with van der Waals surface area (Å²) < 4.78 is 1.80. The molecule has 4 aromatic rings. The molecule has 1 aromatic carbocycles. The number of aryl methyl sites for hydroxylation is 2. The highest BCUT2D eigenvalue weighted by molar-refractivity contribution is 7.18. The third kappa shape index (κ3) is 3.75. The van der Waals surface area contributed by atoms with Crippen molar-refractivity contribution in [3.63, 3.8) is 0 Å². The van der Waals surface area contributed by atoms with Crippen molar-refractivity contribution in [2.24, 2.45) is 0 Å². The lowest BCUT2D eigenvalue weighted by atomic mass is 10.1. The zero-order valence-corrected chi connectivity index (χ0v) is 17.6. The lowest BCUT2D eigenvalue weighted by Gasteiger charge is -2.14. The maximum atomic E-state index is 13.7. The molecule has 3 heterocycles. The van der Waals surface area contributed by atoms with Crippen molar-refractivity contribution < 1.29 is 0 Å². The van der Waals surface area contributed by atoms with E-state index >= 15 is 0 Å². The van der Waals surface area contributed by atoms with Crippen molar-refractivity contribution in [3.05, 3.63) is 86.8 Å². The van der Waals surface area contributed by atoms with Crippen molar-refractivity contribution >= 4 is 27.5 Å². The number of thiophene rings is 1. The topological polar surface area (TPSA) is 59.8 Å². The number of benzene rings is 1. The van der Waals surface area contributed by atoms with E-state index in [-0.39, 0.29) is 5.56 Å². The molecule has 152 valence electrons. The first-order chi connectivity index (χ1) is 14.8. The van der Waals surface area contributed by atoms with Gasteiger partial charge in [-0.05, 0) is 54.5 Å². The number of hydrogen-bond acceptors (Lipinski definition) is 5. The first-order valence-electron chi connectivity index (χ1n) is 10.5. The summed E-state index contributed by atoms with van der Waals surface area (Å²) in [4.78, 5) is 24.9. The average molecular weight is 417 g/mol. The summed E-state index contributed by atoms with van der Waals surface area (Å²) >= 11 is 1.70. The summed E-state index contributed by atoms with van der Waals surface area (Å²) in [5.41, 5.74) is 3.51. The van der Waals surface area contributed by atoms with Crippen LogP contribution in [0.1, 0.15) is 40.8 Å². The molecule has 1 aliphatic rings. The minimum Gasteiger partial charge on any atom is -0.351 e. The Hall–Kier alpha value is -2.99. The predicted molar refractivity (Wildman–Crippen MR) is 122 cm³/mol. The number of fused-ring (bicyclic) bond motifs is 3. The Bertz CT molecular complexity index is 1210. The van der Waals surface area contributed by atoms with Crippen LogP contribution in [-0.4, -0.2) is 14.5 Å². The van der Waals surface area contributed by atoms with E-state index in [9.17, 15) is 4.79 Å². The lowest BCUT2D eigenvalue weighted by molar-refractivity contribution is 0.712. The Morgan fingerprint density at radius 2 is 1.77 bits per heavy atom. The van der Waals surface area contributed by atoms with Gasteiger partial charge in [0.1, 0.15) is 4.83 Å². The number of hydrogen-bond donors (Lipinski definition) is 1. The summed E-state index contributed by atoms with van der Waals surface area (Å²) in [7, 11) is 0. The van der Waals surface area contributed by atoms with Gasteiger partial charge >= 0.3 is 0 Å². The molecule has 0 fully saturated rings. The van der Waals surface area contributed by atoms with Crippen LogP contribution in [0, 0.1) is 0 Å². The Labute approximate surface area is 179 Å². The van der Waals surface area contributed by atoms with Crippen LogP contribution >= 0.6 is 11.3 Å². The molecule has 5 nitrogen and oxygen atoms in total. The Balaban J connectivity index is 1.61. The fourth-order valence-corrected chi connectivity index (χ4v) is 5.40. The maximum Gasteiger partial charge on any atom is 0.264 e. The van der Waals surface area contributed by atoms with Crippen molar-refractivity contribution in [1.29, 1.82) is 0 Å². The van der Waals surface area contributed by atoms with Gasteiger partial charge in [-0.1, -0.05) is 36.8 Å². The van der Waals surface area contributed by atoms with Crippen LogP contribution in [0.2, 0.25) is 0 Å². The zero-order valence-electron chi connectivity index (χ0n) is 16.8. The molecule has 5 rings (SSSR count). The van der Waals surface area contributed by atoms with Gasteiger partial charge in [0.05, 0.1) is 11.9 Å². The Morgan fingerprint density at radius 3 is 2.60 bits per heavy atom. The molecule has 0 aliphatic heterocycles. The minimum atomic E-state index is 0.0699. The molecule has 0 saturated heterocycles. The predicted octanol–water partition coefficient (Wildman–Crippen LogP) is 4.78. The van der Waals surface area contributed by atoms with Crippen LogP contribution in [0.15, 0.2) is 59.7 Å². The lowest BCUT2D eigenvalue weighted by Crippen LogP contribution is -2.26. The number of nitrogens with one attached hydrogen (secondary N) is 1. The van der Waals surface area contributed by atoms with Crippen LogP contribution in [0.4, 0.5) is 5.95 Å². The number of nitrogens with zero attached hydrogens (tertiary/aromatic N) is 3. The van der Waals surface area contributed by atoms with E-state index in [0.717, 1.165) is 40.6 Å². The molecule has 6 heteroatoms. The third-order valence-electron chi connectivity index (χ3n) is 5.71. The van der Waals surface area contributed by atoms with Gasteiger partial charge in [-0.2, -0.15) is 0 Å². The van der Waals surface area contributed by atoms with Crippen LogP contribution in [-0.2, 0) is 25.9 Å². The highest BCUT2D eigenvalue weighted by atomic mass is 32.1. The van der Waals surface area contributed by atoms with Crippen LogP contribution in [0.25, 0.3) is 10.2 Å². The molecular formula is C24H24N4OS. The monoisotopic (exact) mass is 416 g/mol. The normalized spacial score (nSPS) is 13.7. The average Bonchev–Trinajstić information content (AvgIpc) is 2.97. The van der Waals surface area contributed by atoms with Crippen molar-refractivity contribution in [1.82, 2.24) is 14.5 Å². The van der Waals surface area contributed by atoms with Gasteiger partial charge in [-0.3, -0.25) is 14.3 Å². The van der Waals surface area contributed by atoms with E-state index in [1.807, 2.05) is 30.3 Å². The Kier molecular flexibility index (Phi) is 5.32. The molecule has 1 aliphatic carbocycles. The number of anilines is 1. The molecule has 3 aromatic heterocycles. The highest BCUT2D eigenvalue weighted by Gasteiger charge is 2.21. The summed E-state index contributed by atoms with van der Waals surface area (Å²) in [6.07, 6.45) is 9.20. The van der Waals surface area contributed by atoms with E-state index in [4.69, 9.17) is 4.98 Å². The second-order valence-corrected chi connectivity index (χ2v) is 8.85. The van der Waals surface area contributed by atoms with E-state index < -0.39 is 0 Å². The molecule has 1 N–H and O–H groups in total. The second-order valence-electron chi connectivity index (χ2n) is 7.77. The zero-order chi connectivity index (χ0) is 20.3. The molecule has 0 spiro atoms. The van der Waals surface area contributed by atoms with Crippen LogP contribution in [0.3, 0.4) is 0 Å². The molecular weight excluding hydrogens is 392 g/mol. The van der Waals surface area contributed by atoms with E-state index in [2.05, 4.69) is 22.4 Å². The van der Waals surface area contributed by atoms with E-state index in [0.29, 0.717) is 19.0 Å². The van der Waals surface area contributed by atoms with Gasteiger partial charge in [0.25, 0.3) is 5.56 Å². The molecule has 0 atom stereocenters. The van der Waals surface area contributed by atoms with Crippen molar-refractivity contribution in [2.75, 3.05) is 5.32 Å². The summed E-state index contributed by atoms with van der Waals surface area (Å²) in [5, 5.41) is 4.24. The fraction of sp³-hybridized carbons (Fsp3) is 0.292. The van der Waals surface area contributed by atoms with Crippen LogP contribution < -0.4 is 10.9 Å². The summed E-state index contributed by atoms with van der Waals surface area (Å²) in [5.74, 6) is 0.629. The summed E-state index contributed by atoms with van der Waals surface area (Å²) in [6.45, 7) is 1.10. The fourth-order valence-electron chi connectivity index (χ4n) is 4.14. The smallest absolute Gasteiger partial charge is 0.264 e. The van der Waals surface area contributed by atoms with Gasteiger partial charge in [0, 0.05) is 23.8 Å². The molecule has 0 amide bonds. The number of aromatic nitrogens is 3. The highest BCUT2D eigenvalue weighted by Crippen LogP contribution is 2.33. The summed E-state index contributed by atoms with van der Waals surface area (Å²) in [6, 6.07) is 14.1. The van der Waals surface area contributed by atoms with Crippen molar-refractivity contribution in [2.45, 2.75) is 45.2 Å². The molecule has 0 bridgehead atoms. The third-order valence-corrected chi connectivity index (χ3v) is 6.89. The largest absolute Gasteiger partial charge is 0.351 e. The standard InChI is InChI=1S/C24H24N4OS/c29-23-21-19-9-5-2-6-10-20(19)30-22(21)27-24(26-15-17-11-13-25-14-12-17)28(23)16-18-7-3-1-4-8-18/h1,3-4,7-8,11-14H,2,5-6,9-10,15-16H2,(H,26,27). The SMILES string of the molecule is O=c1c2c3c(sc2nc(NCc2ccncc2)n1Cc1ccccc1)CCCCC3. The second kappa shape index (κ2) is 8.40.